The fraction of sp³-hybridized carbons (Fsp3) is 0.350. The van der Waals surface area contributed by atoms with E-state index in [1.165, 1.54) is 0 Å². The van der Waals surface area contributed by atoms with Crippen molar-refractivity contribution in [1.29, 1.82) is 0 Å². The lowest BCUT2D eigenvalue weighted by atomic mass is 10.1. The van der Waals surface area contributed by atoms with Crippen LogP contribution in [0.15, 0.2) is 36.4 Å². The number of hydrogen-bond acceptors (Lipinski definition) is 4. The van der Waals surface area contributed by atoms with Gasteiger partial charge in [-0.25, -0.2) is 0 Å². The van der Waals surface area contributed by atoms with Crippen LogP contribution < -0.4 is 14.8 Å². The maximum Gasteiger partial charge on any atom is 0.234 e. The lowest BCUT2D eigenvalue weighted by Gasteiger charge is -2.22. The maximum absolute atomic E-state index is 12.4. The molecule has 1 heterocycles. The zero-order valence-electron chi connectivity index (χ0n) is 15.3. The van der Waals surface area contributed by atoms with Crippen molar-refractivity contribution >= 4 is 29.1 Å². The summed E-state index contributed by atoms with van der Waals surface area (Å²) in [6.45, 7) is 3.85. The van der Waals surface area contributed by atoms with Crippen LogP contribution in [0.4, 0.5) is 0 Å². The van der Waals surface area contributed by atoms with Crippen LogP contribution in [0.1, 0.15) is 24.1 Å². The van der Waals surface area contributed by atoms with Crippen molar-refractivity contribution in [3.8, 4) is 11.5 Å². The summed E-state index contributed by atoms with van der Waals surface area (Å²) in [6.07, 6.45) is 0. The molecule has 0 aliphatic carbocycles. The van der Waals surface area contributed by atoms with Crippen LogP contribution in [0.3, 0.4) is 0 Å². The quantitative estimate of drug-likeness (QED) is 0.782. The van der Waals surface area contributed by atoms with E-state index in [4.69, 9.17) is 32.7 Å². The fourth-order valence-electron chi connectivity index (χ4n) is 2.94. The molecule has 0 fully saturated rings. The average Bonchev–Trinajstić information content (AvgIpc) is 2.63. The van der Waals surface area contributed by atoms with Crippen LogP contribution in [0.5, 0.6) is 11.5 Å². The Hall–Kier alpha value is -1.95. The van der Waals surface area contributed by atoms with E-state index in [1.54, 1.807) is 12.1 Å². The highest BCUT2D eigenvalue weighted by atomic mass is 35.5. The molecule has 0 saturated carbocycles. The number of fused-ring (bicyclic) bond motifs is 1. The smallest absolute Gasteiger partial charge is 0.234 e. The number of rotatable bonds is 6. The van der Waals surface area contributed by atoms with E-state index in [1.807, 2.05) is 43.1 Å². The molecule has 5 nitrogen and oxygen atoms in total. The van der Waals surface area contributed by atoms with Gasteiger partial charge in [0.2, 0.25) is 5.91 Å². The van der Waals surface area contributed by atoms with Gasteiger partial charge in [0.1, 0.15) is 13.2 Å². The van der Waals surface area contributed by atoms with Gasteiger partial charge in [-0.05, 0) is 49.4 Å². The molecule has 3 rings (SSSR count). The molecule has 144 valence electrons. The van der Waals surface area contributed by atoms with Gasteiger partial charge >= 0.3 is 0 Å². The van der Waals surface area contributed by atoms with Gasteiger partial charge in [0.05, 0.1) is 12.6 Å². The molecule has 1 N–H and O–H groups in total. The summed E-state index contributed by atoms with van der Waals surface area (Å²) < 4.78 is 11.1. The van der Waals surface area contributed by atoms with Crippen LogP contribution in [-0.2, 0) is 11.3 Å². The molecule has 1 amide bonds. The number of ether oxygens (including phenoxy) is 2. The average molecular weight is 409 g/mol. The standard InChI is InChI=1S/C20H22Cl2N2O3/c1-13(14-4-6-18-19(9-14)27-8-7-26-18)23-20(25)12-24(2)11-15-3-5-16(21)10-17(15)22/h3-6,9-10,13H,7-8,11-12H2,1-2H3,(H,23,25)/t13-/m0/s1. The number of halogens is 2. The molecule has 1 atom stereocenters. The summed E-state index contributed by atoms with van der Waals surface area (Å²) >= 11 is 12.1. The van der Waals surface area contributed by atoms with Gasteiger partial charge in [-0.3, -0.25) is 9.69 Å². The highest BCUT2D eigenvalue weighted by Crippen LogP contribution is 2.32. The third-order valence-electron chi connectivity index (χ3n) is 4.31. The number of carbonyl (C=O) groups is 1. The van der Waals surface area contributed by atoms with Crippen LogP contribution in [-0.4, -0.2) is 37.6 Å². The van der Waals surface area contributed by atoms with E-state index in [9.17, 15) is 4.79 Å². The number of nitrogens with zero attached hydrogens (tertiary/aromatic N) is 1. The molecule has 0 bridgehead atoms. The number of carbonyl (C=O) groups excluding carboxylic acids is 1. The Kier molecular flexibility index (Phi) is 6.47. The first kappa shape index (κ1) is 19.8. The molecular formula is C20H22Cl2N2O3. The second kappa shape index (κ2) is 8.83. The molecular weight excluding hydrogens is 387 g/mol. The van der Waals surface area contributed by atoms with Crippen molar-refractivity contribution < 1.29 is 14.3 Å². The molecule has 0 spiro atoms. The second-order valence-electron chi connectivity index (χ2n) is 6.60. The Morgan fingerprint density at radius 3 is 2.63 bits per heavy atom. The molecule has 2 aromatic rings. The predicted molar refractivity (Wildman–Crippen MR) is 107 cm³/mol. The lowest BCUT2D eigenvalue weighted by Crippen LogP contribution is -2.36. The first-order chi connectivity index (χ1) is 12.9. The first-order valence-electron chi connectivity index (χ1n) is 8.74. The highest BCUT2D eigenvalue weighted by Gasteiger charge is 2.17. The van der Waals surface area contributed by atoms with Crippen LogP contribution in [0, 0.1) is 0 Å². The summed E-state index contributed by atoms with van der Waals surface area (Å²) in [5.41, 5.74) is 1.90. The number of nitrogens with one attached hydrogen (secondary N) is 1. The van der Waals surface area contributed by atoms with Crippen molar-refractivity contribution in [2.24, 2.45) is 0 Å². The summed E-state index contributed by atoms with van der Waals surface area (Å²) in [4.78, 5) is 14.3. The Balaban J connectivity index is 1.55. The molecule has 0 unspecified atom stereocenters. The summed E-state index contributed by atoms with van der Waals surface area (Å²) in [5.74, 6) is 1.39. The van der Waals surface area contributed by atoms with E-state index in [-0.39, 0.29) is 18.5 Å². The van der Waals surface area contributed by atoms with Crippen molar-refractivity contribution in [3.63, 3.8) is 0 Å². The van der Waals surface area contributed by atoms with Gasteiger partial charge < -0.3 is 14.8 Å². The molecule has 0 radical (unpaired) electrons. The Morgan fingerprint density at radius 1 is 1.15 bits per heavy atom. The summed E-state index contributed by atoms with van der Waals surface area (Å²) in [5, 5.41) is 4.20. The van der Waals surface area contributed by atoms with Gasteiger partial charge in [0.15, 0.2) is 11.5 Å². The number of benzene rings is 2. The predicted octanol–water partition coefficient (Wildman–Crippen LogP) is 4.07. The Labute approximate surface area is 169 Å². The Morgan fingerprint density at radius 2 is 1.89 bits per heavy atom. The Bertz CT molecular complexity index is 829. The van der Waals surface area contributed by atoms with Crippen molar-refractivity contribution in [2.75, 3.05) is 26.8 Å². The highest BCUT2D eigenvalue weighted by molar-refractivity contribution is 6.35. The third-order valence-corrected chi connectivity index (χ3v) is 4.90. The lowest BCUT2D eigenvalue weighted by molar-refractivity contribution is -0.122. The largest absolute Gasteiger partial charge is 0.486 e. The monoisotopic (exact) mass is 408 g/mol. The van der Waals surface area contributed by atoms with Gasteiger partial charge in [0, 0.05) is 16.6 Å². The van der Waals surface area contributed by atoms with E-state index in [0.717, 1.165) is 16.9 Å². The van der Waals surface area contributed by atoms with Gasteiger partial charge in [-0.1, -0.05) is 35.3 Å². The third kappa shape index (κ3) is 5.28. The minimum absolute atomic E-state index is 0.0648. The normalized spacial score (nSPS) is 14.1. The van der Waals surface area contributed by atoms with Crippen molar-refractivity contribution in [2.45, 2.75) is 19.5 Å². The van der Waals surface area contributed by atoms with Crippen LogP contribution in [0.2, 0.25) is 10.0 Å². The van der Waals surface area contributed by atoms with Gasteiger partial charge in [0.25, 0.3) is 0 Å². The van der Waals surface area contributed by atoms with Crippen molar-refractivity contribution in [1.82, 2.24) is 10.2 Å². The molecule has 2 aromatic carbocycles. The first-order valence-corrected chi connectivity index (χ1v) is 9.49. The van der Waals surface area contributed by atoms with Gasteiger partial charge in [-0.15, -0.1) is 0 Å². The fourth-order valence-corrected chi connectivity index (χ4v) is 3.41. The van der Waals surface area contributed by atoms with E-state index >= 15 is 0 Å². The number of likely N-dealkylation sites (N-methyl/N-ethyl adjacent to an activating group) is 1. The topological polar surface area (TPSA) is 50.8 Å². The molecule has 7 heteroatoms. The van der Waals surface area contributed by atoms with E-state index in [0.29, 0.717) is 35.6 Å². The van der Waals surface area contributed by atoms with Gasteiger partial charge in [-0.2, -0.15) is 0 Å². The maximum atomic E-state index is 12.4. The van der Waals surface area contributed by atoms with Crippen LogP contribution >= 0.6 is 23.2 Å². The minimum Gasteiger partial charge on any atom is -0.486 e. The molecule has 1 aliphatic rings. The minimum atomic E-state index is -0.138. The van der Waals surface area contributed by atoms with E-state index < -0.39 is 0 Å². The zero-order chi connectivity index (χ0) is 19.4. The summed E-state index contributed by atoms with van der Waals surface area (Å²) in [7, 11) is 1.87. The molecule has 27 heavy (non-hydrogen) atoms. The zero-order valence-corrected chi connectivity index (χ0v) is 16.8. The molecule has 0 aromatic heterocycles. The second-order valence-corrected chi connectivity index (χ2v) is 7.44. The number of amides is 1. The number of hydrogen-bond donors (Lipinski definition) is 1. The molecule has 1 aliphatic heterocycles. The van der Waals surface area contributed by atoms with Crippen molar-refractivity contribution in [3.05, 3.63) is 57.6 Å². The molecule has 0 saturated heterocycles. The SMILES string of the molecule is C[C@H](NC(=O)CN(C)Cc1ccc(Cl)cc1Cl)c1ccc2c(c1)OCCO2. The summed E-state index contributed by atoms with van der Waals surface area (Å²) in [6, 6.07) is 11.0. The van der Waals surface area contributed by atoms with E-state index in [2.05, 4.69) is 5.32 Å². The van der Waals surface area contributed by atoms with Crippen LogP contribution in [0.25, 0.3) is 0 Å².